The molecule has 1 amide bonds. The number of hydrogen-bond acceptors (Lipinski definition) is 6. The summed E-state index contributed by atoms with van der Waals surface area (Å²) in [7, 11) is -4.04. The summed E-state index contributed by atoms with van der Waals surface area (Å²) in [5.41, 5.74) is -0.715. The van der Waals surface area contributed by atoms with Gasteiger partial charge in [-0.25, -0.2) is 13.2 Å². The molecule has 0 aromatic heterocycles. The second kappa shape index (κ2) is 9.25. The maximum atomic E-state index is 13.5. The van der Waals surface area contributed by atoms with Crippen LogP contribution in [-0.2, 0) is 24.3 Å². The number of carbonyl (C=O) groups is 2. The van der Waals surface area contributed by atoms with Crippen LogP contribution in [0, 0.1) is 0 Å². The Morgan fingerprint density at radius 3 is 2.41 bits per heavy atom. The fourth-order valence-corrected chi connectivity index (χ4v) is 5.24. The van der Waals surface area contributed by atoms with Gasteiger partial charge in [-0.2, -0.15) is 4.31 Å². The van der Waals surface area contributed by atoms with Crippen molar-refractivity contribution >= 4 is 44.5 Å². The molecule has 32 heavy (non-hydrogen) atoms. The zero-order chi connectivity index (χ0) is 23.7. The standard InChI is InChI=1S/C22H27ClN2O6S/c1-5-30-20(26)19-14-24(21(27)31-22(2,3)4)10-11-25(19)32(28,29)18-9-7-15-12-17(23)8-6-16(15)13-18/h6-9,12-13,19H,5,10-11,14H2,1-4H3. The molecule has 2 aromatic carbocycles. The molecule has 1 saturated heterocycles. The molecule has 2 aromatic rings. The van der Waals surface area contributed by atoms with E-state index in [4.69, 9.17) is 21.1 Å². The quantitative estimate of drug-likeness (QED) is 0.617. The first-order chi connectivity index (χ1) is 14.9. The highest BCUT2D eigenvalue weighted by atomic mass is 35.5. The van der Waals surface area contributed by atoms with Crippen LogP contribution in [-0.4, -0.2) is 67.6 Å². The fraction of sp³-hybridized carbons (Fsp3) is 0.455. The summed E-state index contributed by atoms with van der Waals surface area (Å²) in [6, 6.07) is 8.68. The van der Waals surface area contributed by atoms with E-state index in [2.05, 4.69) is 0 Å². The molecule has 1 atom stereocenters. The van der Waals surface area contributed by atoms with E-state index in [9.17, 15) is 18.0 Å². The molecule has 3 rings (SSSR count). The van der Waals surface area contributed by atoms with Gasteiger partial charge in [0.2, 0.25) is 10.0 Å². The summed E-state index contributed by atoms with van der Waals surface area (Å²) >= 11 is 6.01. The Labute approximate surface area is 193 Å². The van der Waals surface area contributed by atoms with Crippen molar-refractivity contribution in [1.82, 2.24) is 9.21 Å². The zero-order valence-electron chi connectivity index (χ0n) is 18.5. The predicted octanol–water partition coefficient (Wildman–Crippen LogP) is 3.67. The molecule has 0 bridgehead atoms. The number of ether oxygens (including phenoxy) is 2. The van der Waals surface area contributed by atoms with E-state index in [-0.39, 0.29) is 31.1 Å². The van der Waals surface area contributed by atoms with E-state index < -0.39 is 33.7 Å². The number of hydrogen-bond donors (Lipinski definition) is 0. The van der Waals surface area contributed by atoms with Gasteiger partial charge in [0.05, 0.1) is 18.0 Å². The first-order valence-electron chi connectivity index (χ1n) is 10.3. The molecular weight excluding hydrogens is 456 g/mol. The molecule has 0 saturated carbocycles. The Balaban J connectivity index is 1.92. The van der Waals surface area contributed by atoms with Gasteiger partial charge in [-0.3, -0.25) is 4.79 Å². The monoisotopic (exact) mass is 482 g/mol. The van der Waals surface area contributed by atoms with Gasteiger partial charge in [-0.05, 0) is 62.7 Å². The van der Waals surface area contributed by atoms with Gasteiger partial charge in [-0.15, -0.1) is 0 Å². The van der Waals surface area contributed by atoms with Crippen LogP contribution in [0.15, 0.2) is 41.3 Å². The molecule has 0 radical (unpaired) electrons. The lowest BCUT2D eigenvalue weighted by molar-refractivity contribution is -0.149. The molecule has 0 N–H and O–H groups in total. The van der Waals surface area contributed by atoms with Crippen LogP contribution in [0.3, 0.4) is 0 Å². The third kappa shape index (κ3) is 5.33. The summed E-state index contributed by atoms with van der Waals surface area (Å²) in [5, 5.41) is 2.05. The minimum atomic E-state index is -4.04. The molecule has 1 unspecified atom stereocenters. The smallest absolute Gasteiger partial charge is 0.410 e. The number of nitrogens with zero attached hydrogens (tertiary/aromatic N) is 2. The minimum absolute atomic E-state index is 0.0485. The number of fused-ring (bicyclic) bond motifs is 1. The molecular formula is C22H27ClN2O6S. The van der Waals surface area contributed by atoms with Gasteiger partial charge >= 0.3 is 12.1 Å². The number of benzene rings is 2. The minimum Gasteiger partial charge on any atom is -0.465 e. The topological polar surface area (TPSA) is 93.2 Å². The highest BCUT2D eigenvalue weighted by Crippen LogP contribution is 2.27. The summed E-state index contributed by atoms with van der Waals surface area (Å²) in [5.74, 6) is -0.711. The number of piperazine rings is 1. The number of sulfonamides is 1. The van der Waals surface area contributed by atoms with Crippen LogP contribution in [0.2, 0.25) is 5.02 Å². The van der Waals surface area contributed by atoms with E-state index in [1.807, 2.05) is 0 Å². The fourth-order valence-electron chi connectivity index (χ4n) is 3.47. The van der Waals surface area contributed by atoms with Gasteiger partial charge in [0.25, 0.3) is 0 Å². The molecule has 1 aliphatic rings. The van der Waals surface area contributed by atoms with Crippen molar-refractivity contribution in [2.75, 3.05) is 26.2 Å². The van der Waals surface area contributed by atoms with E-state index in [0.29, 0.717) is 10.4 Å². The van der Waals surface area contributed by atoms with Gasteiger partial charge in [0.15, 0.2) is 0 Å². The maximum absolute atomic E-state index is 13.5. The first-order valence-corrected chi connectivity index (χ1v) is 12.1. The molecule has 1 aliphatic heterocycles. The van der Waals surface area contributed by atoms with Crippen LogP contribution in [0.5, 0.6) is 0 Å². The Hall–Kier alpha value is -2.36. The lowest BCUT2D eigenvalue weighted by Gasteiger charge is -2.39. The Morgan fingerprint density at radius 2 is 1.75 bits per heavy atom. The van der Waals surface area contributed by atoms with E-state index in [1.54, 1.807) is 58.0 Å². The van der Waals surface area contributed by atoms with Crippen LogP contribution >= 0.6 is 11.6 Å². The van der Waals surface area contributed by atoms with Gasteiger partial charge < -0.3 is 14.4 Å². The largest absolute Gasteiger partial charge is 0.465 e. The highest BCUT2D eigenvalue weighted by molar-refractivity contribution is 7.89. The molecule has 174 valence electrons. The van der Waals surface area contributed by atoms with Crippen molar-refractivity contribution in [3.05, 3.63) is 41.4 Å². The Kier molecular flexibility index (Phi) is 7.02. The number of esters is 1. The van der Waals surface area contributed by atoms with Gasteiger partial charge in [0, 0.05) is 18.1 Å². The van der Waals surface area contributed by atoms with E-state index >= 15 is 0 Å². The first kappa shape index (κ1) is 24.3. The molecule has 10 heteroatoms. The number of halogens is 1. The van der Waals surface area contributed by atoms with E-state index in [0.717, 1.165) is 9.69 Å². The summed E-state index contributed by atoms with van der Waals surface area (Å²) in [4.78, 5) is 26.6. The molecule has 0 aliphatic carbocycles. The zero-order valence-corrected chi connectivity index (χ0v) is 20.1. The van der Waals surface area contributed by atoms with Gasteiger partial charge in [0.1, 0.15) is 11.6 Å². The average Bonchev–Trinajstić information content (AvgIpc) is 2.71. The number of amides is 1. The Bertz CT molecular complexity index is 1130. The molecule has 1 fully saturated rings. The lowest BCUT2D eigenvalue weighted by atomic mass is 10.1. The number of rotatable bonds is 4. The van der Waals surface area contributed by atoms with Crippen molar-refractivity contribution in [3.8, 4) is 0 Å². The van der Waals surface area contributed by atoms with Crippen molar-refractivity contribution in [2.45, 2.75) is 44.2 Å². The van der Waals surface area contributed by atoms with Crippen molar-refractivity contribution in [2.24, 2.45) is 0 Å². The summed E-state index contributed by atoms with van der Waals surface area (Å²) in [6.45, 7) is 6.81. The van der Waals surface area contributed by atoms with Crippen molar-refractivity contribution < 1.29 is 27.5 Å². The van der Waals surface area contributed by atoms with E-state index in [1.165, 1.54) is 11.0 Å². The maximum Gasteiger partial charge on any atom is 0.410 e. The third-order valence-corrected chi connectivity index (χ3v) is 7.06. The summed E-state index contributed by atoms with van der Waals surface area (Å²) < 4.78 is 38.6. The van der Waals surface area contributed by atoms with Crippen LogP contribution < -0.4 is 0 Å². The molecule has 0 spiro atoms. The van der Waals surface area contributed by atoms with Crippen LogP contribution in [0.1, 0.15) is 27.7 Å². The van der Waals surface area contributed by atoms with Crippen molar-refractivity contribution in [1.29, 1.82) is 0 Å². The average molecular weight is 483 g/mol. The number of carbonyl (C=O) groups excluding carboxylic acids is 2. The second-order valence-corrected chi connectivity index (χ2v) is 10.8. The second-order valence-electron chi connectivity index (χ2n) is 8.46. The molecule has 8 nitrogen and oxygen atoms in total. The SMILES string of the molecule is CCOC(=O)C1CN(C(=O)OC(C)(C)C)CCN1S(=O)(=O)c1ccc2cc(Cl)ccc2c1. The highest BCUT2D eigenvalue weighted by Gasteiger charge is 2.43. The van der Waals surface area contributed by atoms with Crippen LogP contribution in [0.25, 0.3) is 10.8 Å². The van der Waals surface area contributed by atoms with Crippen LogP contribution in [0.4, 0.5) is 4.79 Å². The normalized spacial score (nSPS) is 17.9. The lowest BCUT2D eigenvalue weighted by Crippen LogP contribution is -2.60. The predicted molar refractivity (Wildman–Crippen MR) is 121 cm³/mol. The molecule has 1 heterocycles. The van der Waals surface area contributed by atoms with Crippen molar-refractivity contribution in [3.63, 3.8) is 0 Å². The third-order valence-electron chi connectivity index (χ3n) is 4.92. The van der Waals surface area contributed by atoms with Gasteiger partial charge in [-0.1, -0.05) is 23.7 Å². The summed E-state index contributed by atoms with van der Waals surface area (Å²) in [6.07, 6.45) is -0.605. The Morgan fingerprint density at radius 1 is 1.09 bits per heavy atom.